The number of pyridine rings is 1. The number of fused-ring (bicyclic) bond motifs is 1. The van der Waals surface area contributed by atoms with Crippen molar-refractivity contribution >= 4 is 16.7 Å². The summed E-state index contributed by atoms with van der Waals surface area (Å²) in [6.45, 7) is 4.23. The van der Waals surface area contributed by atoms with Crippen molar-refractivity contribution in [2.24, 2.45) is 5.92 Å². The topological polar surface area (TPSA) is 30.0 Å². The minimum Gasteiger partial charge on any atom is -0.299 e. The van der Waals surface area contributed by atoms with Gasteiger partial charge in [-0.05, 0) is 18.1 Å². The van der Waals surface area contributed by atoms with E-state index in [-0.39, 0.29) is 5.78 Å². The molecule has 0 radical (unpaired) electrons. The zero-order chi connectivity index (χ0) is 13.0. The van der Waals surface area contributed by atoms with Crippen molar-refractivity contribution in [2.75, 3.05) is 0 Å². The average Bonchev–Trinajstić information content (AvgIpc) is 2.38. The highest BCUT2D eigenvalue weighted by atomic mass is 16.1. The third kappa shape index (κ3) is 3.16. The molecular weight excluding hydrogens is 222 g/mol. The van der Waals surface area contributed by atoms with E-state index in [0.29, 0.717) is 18.8 Å². The predicted octanol–water partition coefficient (Wildman–Crippen LogP) is 3.78. The smallest absolute Gasteiger partial charge is 0.139 e. The molecule has 1 heterocycles. The molecule has 18 heavy (non-hydrogen) atoms. The number of rotatable bonds is 5. The minimum atomic E-state index is 0.284. The fourth-order valence-corrected chi connectivity index (χ4v) is 2.01. The summed E-state index contributed by atoms with van der Waals surface area (Å²) in [6.07, 6.45) is 2.16. The molecule has 0 saturated heterocycles. The van der Waals surface area contributed by atoms with Gasteiger partial charge in [0, 0.05) is 23.9 Å². The highest BCUT2D eigenvalue weighted by Crippen LogP contribution is 2.14. The molecule has 0 aliphatic carbocycles. The number of hydrogen-bond acceptors (Lipinski definition) is 2. The number of benzene rings is 1. The van der Waals surface area contributed by atoms with E-state index in [4.69, 9.17) is 0 Å². The Kier molecular flexibility index (Phi) is 4.08. The SMILES string of the molecule is CCC(C)CC(=O)Cc1ccc2ccccc2n1. The van der Waals surface area contributed by atoms with Crippen LogP contribution in [0.2, 0.25) is 0 Å². The van der Waals surface area contributed by atoms with Gasteiger partial charge in [0.1, 0.15) is 5.78 Å². The molecule has 1 atom stereocenters. The summed E-state index contributed by atoms with van der Waals surface area (Å²) < 4.78 is 0. The van der Waals surface area contributed by atoms with Crippen LogP contribution in [0.3, 0.4) is 0 Å². The molecule has 2 nitrogen and oxygen atoms in total. The maximum absolute atomic E-state index is 11.9. The number of ketones is 1. The van der Waals surface area contributed by atoms with Crippen LogP contribution in [0.1, 0.15) is 32.4 Å². The lowest BCUT2D eigenvalue weighted by Crippen LogP contribution is -2.08. The van der Waals surface area contributed by atoms with Crippen molar-refractivity contribution in [1.29, 1.82) is 0 Å². The number of nitrogens with zero attached hydrogens (tertiary/aromatic N) is 1. The van der Waals surface area contributed by atoms with E-state index >= 15 is 0 Å². The highest BCUT2D eigenvalue weighted by molar-refractivity contribution is 5.82. The summed E-state index contributed by atoms with van der Waals surface area (Å²) in [5, 5.41) is 1.12. The molecule has 0 aliphatic rings. The molecule has 1 aromatic heterocycles. The van der Waals surface area contributed by atoms with Gasteiger partial charge in [-0.3, -0.25) is 9.78 Å². The second-order valence-corrected chi connectivity index (χ2v) is 4.93. The quantitative estimate of drug-likeness (QED) is 0.797. The van der Waals surface area contributed by atoms with E-state index in [9.17, 15) is 4.79 Å². The first-order chi connectivity index (χ1) is 8.69. The number of hydrogen-bond donors (Lipinski definition) is 0. The summed E-state index contributed by atoms with van der Waals surface area (Å²) in [7, 11) is 0. The van der Waals surface area contributed by atoms with Gasteiger partial charge in [-0.1, -0.05) is 44.5 Å². The van der Waals surface area contributed by atoms with Gasteiger partial charge in [-0.2, -0.15) is 0 Å². The maximum Gasteiger partial charge on any atom is 0.139 e. The van der Waals surface area contributed by atoms with Gasteiger partial charge in [-0.15, -0.1) is 0 Å². The molecule has 0 amide bonds. The van der Waals surface area contributed by atoms with Gasteiger partial charge in [0.15, 0.2) is 0 Å². The summed E-state index contributed by atoms with van der Waals surface area (Å²) in [4.78, 5) is 16.4. The second-order valence-electron chi connectivity index (χ2n) is 4.93. The first-order valence-corrected chi connectivity index (χ1v) is 6.55. The van der Waals surface area contributed by atoms with E-state index in [2.05, 4.69) is 18.8 Å². The van der Waals surface area contributed by atoms with E-state index < -0.39 is 0 Å². The molecule has 0 spiro atoms. The zero-order valence-corrected chi connectivity index (χ0v) is 11.0. The molecule has 2 rings (SSSR count). The van der Waals surface area contributed by atoms with Crippen molar-refractivity contribution in [3.05, 3.63) is 42.1 Å². The normalized spacial score (nSPS) is 12.6. The maximum atomic E-state index is 11.9. The monoisotopic (exact) mass is 241 g/mol. The molecule has 1 aromatic carbocycles. The van der Waals surface area contributed by atoms with Crippen LogP contribution in [0.4, 0.5) is 0 Å². The minimum absolute atomic E-state index is 0.284. The molecule has 2 aromatic rings. The summed E-state index contributed by atoms with van der Waals surface area (Å²) in [5.74, 6) is 0.755. The van der Waals surface area contributed by atoms with Crippen LogP contribution in [-0.2, 0) is 11.2 Å². The Hall–Kier alpha value is -1.70. The molecule has 0 saturated carbocycles. The Morgan fingerprint density at radius 1 is 1.22 bits per heavy atom. The molecule has 0 N–H and O–H groups in total. The van der Waals surface area contributed by atoms with Crippen LogP contribution in [0.25, 0.3) is 10.9 Å². The van der Waals surface area contributed by atoms with Gasteiger partial charge >= 0.3 is 0 Å². The highest BCUT2D eigenvalue weighted by Gasteiger charge is 2.09. The van der Waals surface area contributed by atoms with Crippen molar-refractivity contribution in [3.8, 4) is 0 Å². The third-order valence-corrected chi connectivity index (χ3v) is 3.31. The zero-order valence-electron chi connectivity index (χ0n) is 11.0. The van der Waals surface area contributed by atoms with Crippen LogP contribution in [0.15, 0.2) is 36.4 Å². The van der Waals surface area contributed by atoms with Crippen LogP contribution in [0, 0.1) is 5.92 Å². The first-order valence-electron chi connectivity index (χ1n) is 6.55. The van der Waals surface area contributed by atoms with Gasteiger partial charge in [0.2, 0.25) is 0 Å². The number of para-hydroxylation sites is 1. The van der Waals surface area contributed by atoms with Gasteiger partial charge in [0.05, 0.1) is 5.52 Å². The lowest BCUT2D eigenvalue weighted by molar-refractivity contribution is -0.119. The fraction of sp³-hybridized carbons (Fsp3) is 0.375. The lowest BCUT2D eigenvalue weighted by Gasteiger charge is -2.07. The molecule has 0 fully saturated rings. The van der Waals surface area contributed by atoms with Crippen LogP contribution >= 0.6 is 0 Å². The van der Waals surface area contributed by atoms with Gasteiger partial charge in [0.25, 0.3) is 0 Å². The van der Waals surface area contributed by atoms with E-state index in [1.54, 1.807) is 0 Å². The summed E-state index contributed by atoms with van der Waals surface area (Å²) in [6, 6.07) is 12.0. The van der Waals surface area contributed by atoms with Gasteiger partial charge < -0.3 is 0 Å². The Morgan fingerprint density at radius 2 is 2.00 bits per heavy atom. The second kappa shape index (κ2) is 5.76. The molecule has 0 aliphatic heterocycles. The van der Waals surface area contributed by atoms with E-state index in [1.807, 2.05) is 36.4 Å². The lowest BCUT2D eigenvalue weighted by atomic mass is 9.99. The predicted molar refractivity (Wildman–Crippen MR) is 74.5 cm³/mol. The van der Waals surface area contributed by atoms with Gasteiger partial charge in [-0.25, -0.2) is 0 Å². The number of carbonyl (C=O) groups excluding carboxylic acids is 1. The standard InChI is InChI=1S/C16H19NO/c1-3-12(2)10-15(18)11-14-9-8-13-6-4-5-7-16(13)17-14/h4-9,12H,3,10-11H2,1-2H3. The molecule has 0 bridgehead atoms. The Morgan fingerprint density at radius 3 is 2.78 bits per heavy atom. The first kappa shape index (κ1) is 12.7. The average molecular weight is 241 g/mol. The van der Waals surface area contributed by atoms with Crippen molar-refractivity contribution in [1.82, 2.24) is 4.98 Å². The number of carbonyl (C=O) groups is 1. The Balaban J connectivity index is 2.10. The largest absolute Gasteiger partial charge is 0.299 e. The van der Waals surface area contributed by atoms with Crippen LogP contribution in [0.5, 0.6) is 0 Å². The Bertz CT molecular complexity index is 548. The van der Waals surface area contributed by atoms with Crippen LogP contribution < -0.4 is 0 Å². The van der Waals surface area contributed by atoms with Crippen LogP contribution in [-0.4, -0.2) is 10.8 Å². The van der Waals surface area contributed by atoms with Crippen molar-refractivity contribution in [3.63, 3.8) is 0 Å². The molecular formula is C16H19NO. The number of aromatic nitrogens is 1. The molecule has 2 heteroatoms. The van der Waals surface area contributed by atoms with E-state index in [1.165, 1.54) is 0 Å². The molecule has 1 unspecified atom stereocenters. The van der Waals surface area contributed by atoms with Crippen molar-refractivity contribution < 1.29 is 4.79 Å². The molecule has 94 valence electrons. The van der Waals surface area contributed by atoms with Crippen molar-refractivity contribution in [2.45, 2.75) is 33.1 Å². The van der Waals surface area contributed by atoms with E-state index in [0.717, 1.165) is 23.0 Å². The number of Topliss-reactive ketones (excluding diaryl/α,β-unsaturated/α-hetero) is 1. The summed E-state index contributed by atoms with van der Waals surface area (Å²) >= 11 is 0. The summed E-state index contributed by atoms with van der Waals surface area (Å²) in [5.41, 5.74) is 1.84. The third-order valence-electron chi connectivity index (χ3n) is 3.31. The Labute approximate surface area is 108 Å². The fourth-order valence-electron chi connectivity index (χ4n) is 2.01.